The maximum Gasteiger partial charge on any atom is 0.249 e. The van der Waals surface area contributed by atoms with Crippen molar-refractivity contribution in [3.63, 3.8) is 0 Å². The molecule has 208 valence electrons. The molecule has 3 aromatic carbocycles. The highest BCUT2D eigenvalue weighted by molar-refractivity contribution is 6.37. The monoisotopic (exact) mass is 573 g/mol. The Kier molecular flexibility index (Phi) is 10.2. The van der Waals surface area contributed by atoms with E-state index in [0.717, 1.165) is 36.8 Å². The van der Waals surface area contributed by atoms with Gasteiger partial charge in [-0.15, -0.1) is 0 Å². The van der Waals surface area contributed by atoms with Crippen molar-refractivity contribution >= 4 is 29.1 Å². The number of nitrogens with two attached hydrogens (primary N) is 2. The SMILES string of the molecule is COCCOc1ccc(C(N)=O)c(-c2cc(C(CNC3CCC(N)CC3)c3ccccc3)c(Cl)cc2Cl)c1F. The third-order valence-corrected chi connectivity index (χ3v) is 7.87. The number of rotatable bonds is 11. The van der Waals surface area contributed by atoms with Gasteiger partial charge in [-0.2, -0.15) is 0 Å². The van der Waals surface area contributed by atoms with E-state index in [9.17, 15) is 4.79 Å². The van der Waals surface area contributed by atoms with Crippen LogP contribution >= 0.6 is 23.2 Å². The van der Waals surface area contributed by atoms with E-state index < -0.39 is 11.7 Å². The zero-order chi connectivity index (χ0) is 27.9. The number of amides is 1. The minimum absolute atomic E-state index is 0.00491. The Balaban J connectivity index is 1.77. The fraction of sp³-hybridized carbons (Fsp3) is 0.367. The summed E-state index contributed by atoms with van der Waals surface area (Å²) in [5.41, 5.74) is 13.8. The Morgan fingerprint density at radius 1 is 1.05 bits per heavy atom. The summed E-state index contributed by atoms with van der Waals surface area (Å²) in [6.45, 7) is 1.02. The Morgan fingerprint density at radius 2 is 1.77 bits per heavy atom. The van der Waals surface area contributed by atoms with Gasteiger partial charge in [-0.05, 0) is 61.1 Å². The van der Waals surface area contributed by atoms with Crippen molar-refractivity contribution in [2.24, 2.45) is 11.5 Å². The average Bonchev–Trinajstić information content (AvgIpc) is 2.92. The first-order valence-corrected chi connectivity index (χ1v) is 13.8. The number of nitrogens with one attached hydrogen (secondary N) is 1. The second-order valence-corrected chi connectivity index (χ2v) is 10.7. The molecule has 0 spiro atoms. The van der Waals surface area contributed by atoms with Crippen LogP contribution in [0.2, 0.25) is 10.0 Å². The Labute approximate surface area is 238 Å². The van der Waals surface area contributed by atoms with E-state index in [4.69, 9.17) is 44.1 Å². The molecule has 0 aliphatic heterocycles. The summed E-state index contributed by atoms with van der Waals surface area (Å²) in [7, 11) is 1.53. The largest absolute Gasteiger partial charge is 0.488 e. The first-order chi connectivity index (χ1) is 18.8. The lowest BCUT2D eigenvalue weighted by Crippen LogP contribution is -2.39. The van der Waals surface area contributed by atoms with E-state index in [-0.39, 0.29) is 47.1 Å². The van der Waals surface area contributed by atoms with Crippen LogP contribution in [-0.2, 0) is 4.74 Å². The van der Waals surface area contributed by atoms with Crippen molar-refractivity contribution in [3.8, 4) is 16.9 Å². The number of halogens is 3. The normalized spacial score (nSPS) is 18.1. The number of methoxy groups -OCH3 is 1. The number of carbonyl (C=O) groups is 1. The summed E-state index contributed by atoms with van der Waals surface area (Å²) in [5, 5.41) is 4.33. The van der Waals surface area contributed by atoms with E-state index in [1.807, 2.05) is 30.3 Å². The number of ether oxygens (including phenoxy) is 2. The topological polar surface area (TPSA) is 99.6 Å². The van der Waals surface area contributed by atoms with E-state index in [1.54, 1.807) is 12.1 Å². The third-order valence-electron chi connectivity index (χ3n) is 7.23. The van der Waals surface area contributed by atoms with Crippen LogP contribution < -0.4 is 21.5 Å². The molecular formula is C30H34Cl2FN3O3. The molecule has 0 bridgehead atoms. The zero-order valence-electron chi connectivity index (χ0n) is 21.9. The van der Waals surface area contributed by atoms with Gasteiger partial charge in [0.1, 0.15) is 6.61 Å². The van der Waals surface area contributed by atoms with Crippen LogP contribution in [0.1, 0.15) is 53.1 Å². The molecule has 0 radical (unpaired) electrons. The molecule has 1 unspecified atom stereocenters. The summed E-state index contributed by atoms with van der Waals surface area (Å²) in [6.07, 6.45) is 3.98. The van der Waals surface area contributed by atoms with Crippen LogP contribution in [0.5, 0.6) is 5.75 Å². The van der Waals surface area contributed by atoms with Crippen LogP contribution in [0.25, 0.3) is 11.1 Å². The second kappa shape index (κ2) is 13.6. The average molecular weight is 575 g/mol. The smallest absolute Gasteiger partial charge is 0.249 e. The van der Waals surface area contributed by atoms with Gasteiger partial charge in [0.15, 0.2) is 11.6 Å². The van der Waals surface area contributed by atoms with Gasteiger partial charge < -0.3 is 26.3 Å². The fourth-order valence-corrected chi connectivity index (χ4v) is 5.71. The molecule has 6 nitrogen and oxygen atoms in total. The lowest BCUT2D eigenvalue weighted by Gasteiger charge is -2.29. The van der Waals surface area contributed by atoms with Gasteiger partial charge in [0.05, 0.1) is 17.2 Å². The van der Waals surface area contributed by atoms with Crippen LogP contribution in [0.15, 0.2) is 54.6 Å². The molecule has 1 atom stereocenters. The van der Waals surface area contributed by atoms with Gasteiger partial charge in [0, 0.05) is 47.8 Å². The van der Waals surface area contributed by atoms with Crippen molar-refractivity contribution in [2.45, 2.75) is 43.7 Å². The van der Waals surface area contributed by atoms with Gasteiger partial charge in [-0.3, -0.25) is 4.79 Å². The Morgan fingerprint density at radius 3 is 2.44 bits per heavy atom. The number of hydrogen-bond donors (Lipinski definition) is 3. The number of primary amides is 1. The summed E-state index contributed by atoms with van der Waals surface area (Å²) in [4.78, 5) is 12.3. The van der Waals surface area contributed by atoms with Gasteiger partial charge in [-0.1, -0.05) is 53.5 Å². The molecule has 0 saturated heterocycles. The molecule has 3 aromatic rings. The highest BCUT2D eigenvalue weighted by atomic mass is 35.5. The summed E-state index contributed by atoms with van der Waals surface area (Å²) in [6, 6.07) is 16.7. The molecular weight excluding hydrogens is 540 g/mol. The predicted molar refractivity (Wildman–Crippen MR) is 154 cm³/mol. The number of carbonyl (C=O) groups excluding carboxylic acids is 1. The third kappa shape index (κ3) is 7.10. The number of hydrogen-bond acceptors (Lipinski definition) is 5. The van der Waals surface area contributed by atoms with Crippen molar-refractivity contribution in [1.29, 1.82) is 0 Å². The highest BCUT2D eigenvalue weighted by Crippen LogP contribution is 2.42. The number of benzene rings is 3. The maximum atomic E-state index is 15.9. The molecule has 1 fully saturated rings. The first-order valence-electron chi connectivity index (χ1n) is 13.1. The van der Waals surface area contributed by atoms with Crippen molar-refractivity contribution in [3.05, 3.63) is 87.2 Å². The molecule has 5 N–H and O–H groups in total. The van der Waals surface area contributed by atoms with Crippen LogP contribution in [-0.4, -0.2) is 44.9 Å². The summed E-state index contributed by atoms with van der Waals surface area (Å²) < 4.78 is 26.4. The molecule has 1 aliphatic rings. The van der Waals surface area contributed by atoms with Crippen LogP contribution in [0.3, 0.4) is 0 Å². The van der Waals surface area contributed by atoms with Gasteiger partial charge >= 0.3 is 0 Å². The molecule has 0 heterocycles. The lowest BCUT2D eigenvalue weighted by atomic mass is 9.87. The molecule has 9 heteroatoms. The minimum atomic E-state index is -0.781. The standard InChI is InChI=1S/C30H34Cl2FN3O3/c1-38-13-14-39-27-12-11-21(30(35)37)28(29(27)33)23-15-22(25(31)16-26(23)32)24(18-5-3-2-4-6-18)17-36-20-9-7-19(34)8-10-20/h2-6,11-12,15-16,19-20,24,36H,7-10,13-14,17,34H2,1H3,(H2,35,37). The second-order valence-electron chi connectivity index (χ2n) is 9.84. The molecule has 39 heavy (non-hydrogen) atoms. The minimum Gasteiger partial charge on any atom is -0.488 e. The van der Waals surface area contributed by atoms with Crippen molar-refractivity contribution in [2.75, 3.05) is 26.9 Å². The summed E-state index contributed by atoms with van der Waals surface area (Å²) >= 11 is 13.4. The van der Waals surface area contributed by atoms with Crippen LogP contribution in [0.4, 0.5) is 4.39 Å². The van der Waals surface area contributed by atoms with Crippen molar-refractivity contribution in [1.82, 2.24) is 5.32 Å². The van der Waals surface area contributed by atoms with E-state index >= 15 is 4.39 Å². The maximum absolute atomic E-state index is 15.9. The van der Waals surface area contributed by atoms with E-state index in [0.29, 0.717) is 23.2 Å². The quantitative estimate of drug-likeness (QED) is 0.247. The van der Waals surface area contributed by atoms with Crippen molar-refractivity contribution < 1.29 is 18.7 Å². The predicted octanol–water partition coefficient (Wildman–Crippen LogP) is 5.92. The molecule has 1 amide bonds. The zero-order valence-corrected chi connectivity index (χ0v) is 23.4. The highest BCUT2D eigenvalue weighted by Gasteiger charge is 2.26. The fourth-order valence-electron chi connectivity index (χ4n) is 5.10. The van der Waals surface area contributed by atoms with Gasteiger partial charge in [0.2, 0.25) is 5.91 Å². The van der Waals surface area contributed by atoms with E-state index in [1.165, 1.54) is 19.2 Å². The molecule has 0 aromatic heterocycles. The first kappa shape index (κ1) is 29.3. The molecule has 1 saturated carbocycles. The Hall–Kier alpha value is -2.68. The van der Waals surface area contributed by atoms with Crippen LogP contribution in [0, 0.1) is 5.82 Å². The lowest BCUT2D eigenvalue weighted by molar-refractivity contribution is 0.1000. The van der Waals surface area contributed by atoms with Gasteiger partial charge in [-0.25, -0.2) is 4.39 Å². The Bertz CT molecular complexity index is 1280. The summed E-state index contributed by atoms with van der Waals surface area (Å²) in [5.74, 6) is -1.70. The molecule has 4 rings (SSSR count). The van der Waals surface area contributed by atoms with Gasteiger partial charge in [0.25, 0.3) is 0 Å². The van der Waals surface area contributed by atoms with E-state index in [2.05, 4.69) is 5.32 Å². The molecule has 1 aliphatic carbocycles.